The van der Waals surface area contributed by atoms with E-state index in [0.29, 0.717) is 12.0 Å². The summed E-state index contributed by atoms with van der Waals surface area (Å²) in [5, 5.41) is 3.24. The monoisotopic (exact) mass is 261 g/mol. The molecule has 2 N–H and O–H groups in total. The number of nitrogens with zero attached hydrogens (tertiary/aromatic N) is 1. The van der Waals surface area contributed by atoms with Gasteiger partial charge in [-0.3, -0.25) is 4.79 Å². The summed E-state index contributed by atoms with van der Waals surface area (Å²) >= 11 is 0. The van der Waals surface area contributed by atoms with E-state index < -0.39 is 0 Å². The molecule has 19 heavy (non-hydrogen) atoms. The molecule has 1 aromatic rings. The summed E-state index contributed by atoms with van der Waals surface area (Å²) in [4.78, 5) is 19.9. The van der Waals surface area contributed by atoms with E-state index in [1.807, 2.05) is 0 Å². The van der Waals surface area contributed by atoms with Gasteiger partial charge in [0.25, 0.3) is 0 Å². The summed E-state index contributed by atoms with van der Waals surface area (Å²) in [7, 11) is 0. The molecule has 1 atom stereocenters. The van der Waals surface area contributed by atoms with Crippen molar-refractivity contribution in [1.82, 2.24) is 15.3 Å². The highest BCUT2D eigenvalue weighted by Crippen LogP contribution is 2.47. The van der Waals surface area contributed by atoms with Crippen molar-refractivity contribution in [1.29, 1.82) is 0 Å². The van der Waals surface area contributed by atoms with Gasteiger partial charge < -0.3 is 10.3 Å². The Morgan fingerprint density at radius 3 is 2.74 bits per heavy atom. The SMILES string of the molecule is CC(NC(=O)C1(c2ncc[nH]2)CC1)C1CCCCC1. The molecule has 0 aliphatic heterocycles. The predicted molar refractivity (Wildman–Crippen MR) is 73.7 cm³/mol. The lowest BCUT2D eigenvalue weighted by Crippen LogP contribution is -2.44. The zero-order chi connectivity index (χ0) is 13.3. The van der Waals surface area contributed by atoms with Crippen molar-refractivity contribution in [2.24, 2.45) is 5.92 Å². The Morgan fingerprint density at radius 1 is 1.42 bits per heavy atom. The molecule has 0 spiro atoms. The van der Waals surface area contributed by atoms with Crippen molar-refractivity contribution in [2.75, 3.05) is 0 Å². The number of imidazole rings is 1. The van der Waals surface area contributed by atoms with Crippen LogP contribution in [0.1, 0.15) is 57.7 Å². The van der Waals surface area contributed by atoms with Crippen LogP contribution in [0.5, 0.6) is 0 Å². The Kier molecular flexibility index (Phi) is 3.33. The number of carbonyl (C=O) groups excluding carboxylic acids is 1. The van der Waals surface area contributed by atoms with Crippen LogP contribution in [0, 0.1) is 5.92 Å². The number of aromatic amines is 1. The van der Waals surface area contributed by atoms with Crippen LogP contribution in [0.25, 0.3) is 0 Å². The van der Waals surface area contributed by atoms with Gasteiger partial charge in [-0.05, 0) is 38.5 Å². The number of amides is 1. The van der Waals surface area contributed by atoms with Crippen molar-refractivity contribution in [3.05, 3.63) is 18.2 Å². The topological polar surface area (TPSA) is 57.8 Å². The van der Waals surface area contributed by atoms with Crippen molar-refractivity contribution in [3.63, 3.8) is 0 Å². The Hall–Kier alpha value is -1.32. The molecule has 2 aliphatic rings. The fourth-order valence-electron chi connectivity index (χ4n) is 3.32. The van der Waals surface area contributed by atoms with Gasteiger partial charge in [0.15, 0.2) is 0 Å². The molecule has 1 amide bonds. The van der Waals surface area contributed by atoms with Gasteiger partial charge >= 0.3 is 0 Å². The van der Waals surface area contributed by atoms with Crippen molar-refractivity contribution in [2.45, 2.75) is 63.3 Å². The third-order valence-corrected chi connectivity index (χ3v) is 4.85. The van der Waals surface area contributed by atoms with Crippen LogP contribution < -0.4 is 5.32 Å². The van der Waals surface area contributed by atoms with Gasteiger partial charge in [-0.25, -0.2) is 4.98 Å². The highest BCUT2D eigenvalue weighted by molar-refractivity contribution is 5.90. The maximum atomic E-state index is 12.5. The summed E-state index contributed by atoms with van der Waals surface area (Å²) in [6.45, 7) is 2.16. The van der Waals surface area contributed by atoms with E-state index in [4.69, 9.17) is 0 Å². The summed E-state index contributed by atoms with van der Waals surface area (Å²) in [5.74, 6) is 1.66. The van der Waals surface area contributed by atoms with E-state index >= 15 is 0 Å². The minimum Gasteiger partial charge on any atom is -0.352 e. The Morgan fingerprint density at radius 2 is 2.16 bits per heavy atom. The first-order valence-electron chi connectivity index (χ1n) is 7.53. The van der Waals surface area contributed by atoms with Crippen molar-refractivity contribution >= 4 is 5.91 Å². The zero-order valence-electron chi connectivity index (χ0n) is 11.6. The Balaban J connectivity index is 1.62. The second-order valence-electron chi connectivity index (χ2n) is 6.18. The lowest BCUT2D eigenvalue weighted by molar-refractivity contribution is -0.124. The van der Waals surface area contributed by atoms with E-state index in [1.165, 1.54) is 32.1 Å². The number of nitrogens with one attached hydrogen (secondary N) is 2. The molecule has 4 heteroatoms. The second-order valence-corrected chi connectivity index (χ2v) is 6.18. The summed E-state index contributed by atoms with van der Waals surface area (Å²) in [6.07, 6.45) is 11.9. The molecule has 0 bridgehead atoms. The largest absolute Gasteiger partial charge is 0.352 e. The van der Waals surface area contributed by atoms with Gasteiger partial charge in [-0.2, -0.15) is 0 Å². The minimum absolute atomic E-state index is 0.167. The molecule has 2 saturated carbocycles. The molecule has 3 rings (SSSR count). The number of rotatable bonds is 4. The molecule has 104 valence electrons. The maximum Gasteiger partial charge on any atom is 0.234 e. The number of carbonyl (C=O) groups is 1. The summed E-state index contributed by atoms with van der Waals surface area (Å²) in [6, 6.07) is 0.292. The fourth-order valence-corrected chi connectivity index (χ4v) is 3.32. The van der Waals surface area contributed by atoms with Crippen LogP contribution in [0.4, 0.5) is 0 Å². The molecule has 0 saturated heterocycles. The van der Waals surface area contributed by atoms with Gasteiger partial charge in [0.1, 0.15) is 11.2 Å². The molecule has 2 aliphatic carbocycles. The average Bonchev–Trinajstić information content (AvgIpc) is 3.07. The van der Waals surface area contributed by atoms with Crippen LogP contribution >= 0.6 is 0 Å². The van der Waals surface area contributed by atoms with Gasteiger partial charge in [-0.15, -0.1) is 0 Å². The van der Waals surface area contributed by atoms with E-state index in [9.17, 15) is 4.79 Å². The highest BCUT2D eigenvalue weighted by atomic mass is 16.2. The quantitative estimate of drug-likeness (QED) is 0.875. The van der Waals surface area contributed by atoms with Crippen LogP contribution in [-0.4, -0.2) is 21.9 Å². The first kappa shape index (κ1) is 12.7. The molecule has 1 heterocycles. The smallest absolute Gasteiger partial charge is 0.234 e. The number of aromatic nitrogens is 2. The van der Waals surface area contributed by atoms with E-state index in [1.54, 1.807) is 12.4 Å². The number of H-pyrrole nitrogens is 1. The Labute approximate surface area is 114 Å². The molecule has 4 nitrogen and oxygen atoms in total. The highest BCUT2D eigenvalue weighted by Gasteiger charge is 2.53. The van der Waals surface area contributed by atoms with E-state index in [-0.39, 0.29) is 11.3 Å². The molecule has 2 fully saturated rings. The van der Waals surface area contributed by atoms with Crippen molar-refractivity contribution in [3.8, 4) is 0 Å². The van der Waals surface area contributed by atoms with Crippen LogP contribution in [0.15, 0.2) is 12.4 Å². The molecule has 0 radical (unpaired) electrons. The molecular formula is C15H23N3O. The maximum absolute atomic E-state index is 12.5. The lowest BCUT2D eigenvalue weighted by atomic mass is 9.84. The van der Waals surface area contributed by atoms with E-state index in [2.05, 4.69) is 22.2 Å². The molecule has 0 aromatic carbocycles. The third-order valence-electron chi connectivity index (χ3n) is 4.85. The summed E-state index contributed by atoms with van der Waals surface area (Å²) in [5.41, 5.74) is -0.355. The molecule has 1 aromatic heterocycles. The lowest BCUT2D eigenvalue weighted by Gasteiger charge is -2.29. The number of hydrogen-bond acceptors (Lipinski definition) is 2. The normalized spacial score (nSPS) is 23.8. The van der Waals surface area contributed by atoms with Crippen LogP contribution in [0.2, 0.25) is 0 Å². The first-order valence-corrected chi connectivity index (χ1v) is 7.53. The van der Waals surface area contributed by atoms with Gasteiger partial charge in [0, 0.05) is 18.4 Å². The predicted octanol–water partition coefficient (Wildman–Crippen LogP) is 2.53. The summed E-state index contributed by atoms with van der Waals surface area (Å²) < 4.78 is 0. The van der Waals surface area contributed by atoms with Gasteiger partial charge in [0.2, 0.25) is 5.91 Å². The van der Waals surface area contributed by atoms with Crippen LogP contribution in [0.3, 0.4) is 0 Å². The fraction of sp³-hybridized carbons (Fsp3) is 0.733. The van der Waals surface area contributed by atoms with Crippen molar-refractivity contribution < 1.29 is 4.79 Å². The number of hydrogen-bond donors (Lipinski definition) is 2. The zero-order valence-corrected chi connectivity index (χ0v) is 11.6. The first-order chi connectivity index (χ1) is 9.22. The average molecular weight is 261 g/mol. The van der Waals surface area contributed by atoms with Crippen LogP contribution in [-0.2, 0) is 10.2 Å². The molecule has 1 unspecified atom stereocenters. The second kappa shape index (κ2) is 4.99. The van der Waals surface area contributed by atoms with E-state index in [0.717, 1.165) is 18.7 Å². The standard InChI is InChI=1S/C15H23N3O/c1-11(12-5-3-2-4-6-12)18-14(19)15(7-8-15)13-16-9-10-17-13/h9-12H,2-8H2,1H3,(H,16,17)(H,18,19). The van der Waals surface area contributed by atoms with Gasteiger partial charge in [0.05, 0.1) is 0 Å². The third kappa shape index (κ3) is 2.40. The Bertz CT molecular complexity index is 430. The van der Waals surface area contributed by atoms with Gasteiger partial charge in [-0.1, -0.05) is 19.3 Å². The minimum atomic E-state index is -0.355. The molecular weight excluding hydrogens is 238 g/mol.